The van der Waals surface area contributed by atoms with Crippen molar-refractivity contribution >= 4 is 11.0 Å². The van der Waals surface area contributed by atoms with Gasteiger partial charge in [-0.25, -0.2) is 18.2 Å². The minimum absolute atomic E-state index is 0.226. The number of rotatable bonds is 6. The molecule has 1 aliphatic heterocycles. The maximum absolute atomic E-state index is 14.1. The summed E-state index contributed by atoms with van der Waals surface area (Å²) in [5.74, 6) is -3.04. The van der Waals surface area contributed by atoms with Crippen LogP contribution in [0.4, 0.5) is 13.2 Å². The third-order valence-corrected chi connectivity index (χ3v) is 6.25. The van der Waals surface area contributed by atoms with Crippen LogP contribution in [0, 0.1) is 12.7 Å². The van der Waals surface area contributed by atoms with Gasteiger partial charge in [0.25, 0.3) is 5.92 Å². The highest BCUT2D eigenvalue weighted by atomic mass is 19.3. The Morgan fingerprint density at radius 2 is 1.94 bits per heavy atom. The van der Waals surface area contributed by atoms with Crippen LogP contribution in [0.1, 0.15) is 42.4 Å². The summed E-state index contributed by atoms with van der Waals surface area (Å²) in [6, 6.07) is 7.72. The Kier molecular flexibility index (Phi) is 6.08. The third kappa shape index (κ3) is 4.62. The first-order valence-electron chi connectivity index (χ1n) is 10.8. The number of hydrogen-bond donors (Lipinski definition) is 2. The van der Waals surface area contributed by atoms with E-state index in [9.17, 15) is 13.2 Å². The molecule has 2 N–H and O–H groups in total. The summed E-state index contributed by atoms with van der Waals surface area (Å²) in [4.78, 5) is 10.3. The molecule has 3 aromatic rings. The van der Waals surface area contributed by atoms with Crippen LogP contribution < -0.4 is 5.32 Å². The van der Waals surface area contributed by atoms with Gasteiger partial charge >= 0.3 is 0 Å². The topological polar surface area (TPSA) is 44.0 Å². The van der Waals surface area contributed by atoms with Crippen LogP contribution in [-0.4, -0.2) is 48.1 Å². The van der Waals surface area contributed by atoms with Crippen molar-refractivity contribution in [1.29, 1.82) is 0 Å². The number of nitrogens with one attached hydrogen (secondary N) is 2. The SMILES string of the molecule is CNCCN1CCC(c2cc(C)c3nc(-c4ccc(F)cc4C(C)(F)F)[nH]c3c2)CC1. The molecule has 0 saturated carbocycles. The lowest BCUT2D eigenvalue weighted by Crippen LogP contribution is -2.37. The number of likely N-dealkylation sites (N-methyl/N-ethyl adjacent to an activating group) is 1. The Morgan fingerprint density at radius 3 is 2.61 bits per heavy atom. The molecule has 0 atom stereocenters. The monoisotopic (exact) mass is 430 g/mol. The molecule has 0 amide bonds. The molecule has 1 saturated heterocycles. The highest BCUT2D eigenvalue weighted by Crippen LogP contribution is 2.37. The molecule has 0 radical (unpaired) electrons. The molecule has 0 spiro atoms. The molecular weight excluding hydrogens is 401 g/mol. The van der Waals surface area contributed by atoms with Crippen molar-refractivity contribution in [2.75, 3.05) is 33.2 Å². The second kappa shape index (κ2) is 8.63. The molecule has 1 aliphatic rings. The van der Waals surface area contributed by atoms with Gasteiger partial charge < -0.3 is 15.2 Å². The van der Waals surface area contributed by atoms with Crippen LogP contribution in [-0.2, 0) is 5.92 Å². The van der Waals surface area contributed by atoms with Crippen LogP contribution in [0.3, 0.4) is 0 Å². The summed E-state index contributed by atoms with van der Waals surface area (Å²) >= 11 is 0. The van der Waals surface area contributed by atoms with Crippen LogP contribution in [0.5, 0.6) is 0 Å². The second-order valence-corrected chi connectivity index (χ2v) is 8.62. The van der Waals surface area contributed by atoms with Crippen LogP contribution >= 0.6 is 0 Å². The fourth-order valence-electron chi connectivity index (χ4n) is 4.53. The van der Waals surface area contributed by atoms with E-state index in [0.717, 1.165) is 68.6 Å². The lowest BCUT2D eigenvalue weighted by atomic mass is 9.88. The largest absolute Gasteiger partial charge is 0.338 e. The molecule has 31 heavy (non-hydrogen) atoms. The van der Waals surface area contributed by atoms with Gasteiger partial charge in [-0.2, -0.15) is 0 Å². The van der Waals surface area contributed by atoms with E-state index in [0.29, 0.717) is 11.7 Å². The van der Waals surface area contributed by atoms with E-state index in [1.165, 1.54) is 17.7 Å². The lowest BCUT2D eigenvalue weighted by Gasteiger charge is -2.32. The normalized spacial score (nSPS) is 16.3. The Labute approximate surface area is 180 Å². The maximum atomic E-state index is 14.1. The first kappa shape index (κ1) is 21.8. The third-order valence-electron chi connectivity index (χ3n) is 6.25. The van der Waals surface area contributed by atoms with Crippen molar-refractivity contribution in [1.82, 2.24) is 20.2 Å². The summed E-state index contributed by atoms with van der Waals surface area (Å²) in [5.41, 5.74) is 3.73. The summed E-state index contributed by atoms with van der Waals surface area (Å²) in [5, 5.41) is 3.20. The lowest BCUT2D eigenvalue weighted by molar-refractivity contribution is 0.0177. The van der Waals surface area contributed by atoms with Gasteiger partial charge in [-0.05, 0) is 81.2 Å². The van der Waals surface area contributed by atoms with Gasteiger partial charge in [-0.1, -0.05) is 6.07 Å². The van der Waals surface area contributed by atoms with Gasteiger partial charge in [-0.15, -0.1) is 0 Å². The van der Waals surface area contributed by atoms with Gasteiger partial charge in [0.1, 0.15) is 11.6 Å². The van der Waals surface area contributed by atoms with E-state index in [2.05, 4.69) is 32.3 Å². The first-order chi connectivity index (χ1) is 14.8. The zero-order valence-corrected chi connectivity index (χ0v) is 18.2. The molecule has 4 nitrogen and oxygen atoms in total. The molecule has 1 fully saturated rings. The average molecular weight is 431 g/mol. The zero-order valence-electron chi connectivity index (χ0n) is 18.2. The molecule has 2 heterocycles. The number of nitrogens with zero attached hydrogens (tertiary/aromatic N) is 2. The number of imidazole rings is 1. The Balaban J connectivity index is 1.64. The van der Waals surface area contributed by atoms with Crippen molar-refractivity contribution in [3.05, 3.63) is 52.8 Å². The van der Waals surface area contributed by atoms with Crippen molar-refractivity contribution in [2.24, 2.45) is 0 Å². The van der Waals surface area contributed by atoms with Gasteiger partial charge in [0.2, 0.25) is 0 Å². The molecule has 0 unspecified atom stereocenters. The quantitative estimate of drug-likeness (QED) is 0.566. The number of aryl methyl sites for hydroxylation is 1. The molecule has 0 bridgehead atoms. The molecule has 0 aliphatic carbocycles. The van der Waals surface area contributed by atoms with Crippen LogP contribution in [0.25, 0.3) is 22.4 Å². The summed E-state index contributed by atoms with van der Waals surface area (Å²) in [6.07, 6.45) is 2.19. The minimum Gasteiger partial charge on any atom is -0.338 e. The van der Waals surface area contributed by atoms with E-state index in [-0.39, 0.29) is 11.1 Å². The Hall–Kier alpha value is -2.38. The molecular formula is C24H29F3N4. The number of piperidine rings is 1. The molecule has 166 valence electrons. The number of likely N-dealkylation sites (tertiary alicyclic amines) is 1. The summed E-state index contributed by atoms with van der Waals surface area (Å²) in [7, 11) is 1.97. The highest BCUT2D eigenvalue weighted by molar-refractivity contribution is 5.83. The van der Waals surface area contributed by atoms with Crippen LogP contribution in [0.2, 0.25) is 0 Å². The maximum Gasteiger partial charge on any atom is 0.271 e. The van der Waals surface area contributed by atoms with Crippen molar-refractivity contribution in [2.45, 2.75) is 38.5 Å². The van der Waals surface area contributed by atoms with E-state index >= 15 is 0 Å². The van der Waals surface area contributed by atoms with Crippen LogP contribution in [0.15, 0.2) is 30.3 Å². The van der Waals surface area contributed by atoms with Crippen molar-refractivity contribution in [3.63, 3.8) is 0 Å². The molecule has 2 aromatic carbocycles. The number of aromatic amines is 1. The fraction of sp³-hybridized carbons (Fsp3) is 0.458. The number of fused-ring (bicyclic) bond motifs is 1. The molecule has 4 rings (SSSR count). The number of alkyl halides is 2. The number of halogens is 3. The molecule has 1 aromatic heterocycles. The predicted octanol–water partition coefficient (Wildman–Crippen LogP) is 5.19. The number of H-pyrrole nitrogens is 1. The highest BCUT2D eigenvalue weighted by Gasteiger charge is 2.30. The zero-order chi connectivity index (χ0) is 22.2. The predicted molar refractivity (Wildman–Crippen MR) is 118 cm³/mol. The number of aromatic nitrogens is 2. The minimum atomic E-state index is -3.17. The van der Waals surface area contributed by atoms with Gasteiger partial charge in [0, 0.05) is 31.1 Å². The van der Waals surface area contributed by atoms with E-state index in [1.54, 1.807) is 0 Å². The number of hydrogen-bond acceptors (Lipinski definition) is 3. The van der Waals surface area contributed by atoms with Crippen molar-refractivity contribution in [3.8, 4) is 11.4 Å². The van der Waals surface area contributed by atoms with E-state index in [4.69, 9.17) is 0 Å². The molecule has 7 heteroatoms. The van der Waals surface area contributed by atoms with Crippen molar-refractivity contribution < 1.29 is 13.2 Å². The smallest absolute Gasteiger partial charge is 0.271 e. The van der Waals surface area contributed by atoms with E-state index < -0.39 is 11.7 Å². The van der Waals surface area contributed by atoms with E-state index in [1.807, 2.05) is 14.0 Å². The summed E-state index contributed by atoms with van der Waals surface area (Å²) in [6.45, 7) is 6.98. The summed E-state index contributed by atoms with van der Waals surface area (Å²) < 4.78 is 41.9. The Bertz CT molecular complexity index is 1060. The standard InChI is InChI=1S/C24H29F3N4/c1-15-12-17(16-6-9-31(10-7-16)11-8-28-3)13-21-22(15)30-23(29-21)19-5-4-18(25)14-20(19)24(2,26)27/h4-5,12-14,16,28H,6-11H2,1-3H3,(H,29,30). The van der Waals surface area contributed by atoms with Gasteiger partial charge in [-0.3, -0.25) is 0 Å². The average Bonchev–Trinajstić information content (AvgIpc) is 3.16. The fourth-order valence-corrected chi connectivity index (χ4v) is 4.53. The number of benzene rings is 2. The van der Waals surface area contributed by atoms with Gasteiger partial charge in [0.15, 0.2) is 0 Å². The van der Waals surface area contributed by atoms with Gasteiger partial charge in [0.05, 0.1) is 11.0 Å². The first-order valence-corrected chi connectivity index (χ1v) is 10.8. The Morgan fingerprint density at radius 1 is 1.19 bits per heavy atom. The second-order valence-electron chi connectivity index (χ2n) is 8.62.